The fourth-order valence-electron chi connectivity index (χ4n) is 2.67. The van der Waals surface area contributed by atoms with Crippen LogP contribution in [0.1, 0.15) is 32.5 Å². The Labute approximate surface area is 137 Å². The van der Waals surface area contributed by atoms with Crippen molar-refractivity contribution >= 4 is 17.8 Å². The first kappa shape index (κ1) is 15.7. The molecule has 1 aromatic heterocycles. The number of pyridine rings is 1. The summed E-state index contributed by atoms with van der Waals surface area (Å²) in [5.74, 6) is -1.76. The lowest BCUT2D eigenvalue weighted by atomic mass is 10.0. The molecular weight excluding hydrogens is 310 g/mol. The van der Waals surface area contributed by atoms with E-state index < -0.39 is 12.0 Å². The van der Waals surface area contributed by atoms with Gasteiger partial charge in [-0.1, -0.05) is 30.3 Å². The molecule has 0 saturated carbocycles. The zero-order valence-corrected chi connectivity index (χ0v) is 12.7. The Morgan fingerprint density at radius 2 is 1.92 bits per heavy atom. The van der Waals surface area contributed by atoms with Crippen molar-refractivity contribution in [3.8, 4) is 0 Å². The number of piperazine rings is 1. The predicted molar refractivity (Wildman–Crippen MR) is 84.4 cm³/mol. The Kier molecular flexibility index (Phi) is 4.24. The first-order valence-corrected chi connectivity index (χ1v) is 7.41. The number of hydrogen-bond acceptors (Lipinski definition) is 4. The second-order valence-electron chi connectivity index (χ2n) is 5.34. The summed E-state index contributed by atoms with van der Waals surface area (Å²) in [6, 6.07) is 11.0. The van der Waals surface area contributed by atoms with Crippen LogP contribution in [0.5, 0.6) is 0 Å². The van der Waals surface area contributed by atoms with Crippen molar-refractivity contribution < 1.29 is 19.5 Å². The molecule has 0 radical (unpaired) electrons. The van der Waals surface area contributed by atoms with Gasteiger partial charge in [0, 0.05) is 19.3 Å². The second-order valence-corrected chi connectivity index (χ2v) is 5.34. The molecule has 2 aromatic rings. The average molecular weight is 325 g/mol. The van der Waals surface area contributed by atoms with E-state index in [2.05, 4.69) is 10.3 Å². The van der Waals surface area contributed by atoms with Crippen molar-refractivity contribution in [2.24, 2.45) is 0 Å². The van der Waals surface area contributed by atoms with Gasteiger partial charge in [-0.05, 0) is 17.7 Å². The summed E-state index contributed by atoms with van der Waals surface area (Å²) in [5, 5.41) is 11.6. The first-order valence-electron chi connectivity index (χ1n) is 7.41. The number of carboxylic acids is 1. The number of benzene rings is 1. The lowest BCUT2D eigenvalue weighted by molar-refractivity contribution is -0.128. The largest absolute Gasteiger partial charge is 0.477 e. The Balaban J connectivity index is 1.91. The Morgan fingerprint density at radius 3 is 2.54 bits per heavy atom. The molecule has 2 N–H and O–H groups in total. The van der Waals surface area contributed by atoms with Gasteiger partial charge >= 0.3 is 5.97 Å². The molecule has 1 fully saturated rings. The minimum absolute atomic E-state index is 0.137. The zero-order chi connectivity index (χ0) is 17.1. The van der Waals surface area contributed by atoms with Crippen LogP contribution >= 0.6 is 0 Å². The second kappa shape index (κ2) is 6.49. The molecule has 1 aliphatic rings. The lowest BCUT2D eigenvalue weighted by Crippen LogP contribution is -2.52. The highest BCUT2D eigenvalue weighted by molar-refractivity contribution is 5.98. The molecule has 1 unspecified atom stereocenters. The quantitative estimate of drug-likeness (QED) is 0.880. The fourth-order valence-corrected chi connectivity index (χ4v) is 2.67. The van der Waals surface area contributed by atoms with Crippen molar-refractivity contribution in [2.45, 2.75) is 6.04 Å². The SMILES string of the molecule is O=C(O)c1ccc(C(=O)N2CCNC(=O)C2c2ccccc2)cn1. The number of hydrogen-bond donors (Lipinski definition) is 2. The molecule has 3 rings (SSSR count). The molecule has 1 aromatic carbocycles. The number of carbonyl (C=O) groups is 3. The molecule has 7 heteroatoms. The summed E-state index contributed by atoms with van der Waals surface area (Å²) in [4.78, 5) is 41.1. The third kappa shape index (κ3) is 2.96. The van der Waals surface area contributed by atoms with Crippen molar-refractivity contribution in [1.29, 1.82) is 0 Å². The van der Waals surface area contributed by atoms with Gasteiger partial charge in [0.1, 0.15) is 11.7 Å². The molecule has 2 amide bonds. The van der Waals surface area contributed by atoms with Crippen LogP contribution in [0.25, 0.3) is 0 Å². The van der Waals surface area contributed by atoms with Gasteiger partial charge in [-0.3, -0.25) is 9.59 Å². The van der Waals surface area contributed by atoms with Crippen molar-refractivity contribution in [3.63, 3.8) is 0 Å². The van der Waals surface area contributed by atoms with Gasteiger partial charge in [0.05, 0.1) is 5.56 Å². The molecule has 1 saturated heterocycles. The number of aromatic nitrogens is 1. The standard InChI is InChI=1S/C17H15N3O4/c21-15-14(11-4-2-1-3-5-11)20(9-8-18-15)16(22)12-6-7-13(17(23)24)19-10-12/h1-7,10,14H,8-9H2,(H,18,21)(H,23,24). The van der Waals surface area contributed by atoms with Crippen molar-refractivity contribution in [2.75, 3.05) is 13.1 Å². The van der Waals surface area contributed by atoms with E-state index in [0.29, 0.717) is 13.1 Å². The maximum absolute atomic E-state index is 12.8. The fraction of sp³-hybridized carbons (Fsp3) is 0.176. The summed E-state index contributed by atoms with van der Waals surface area (Å²) in [5.41, 5.74) is 0.830. The van der Waals surface area contributed by atoms with E-state index in [-0.39, 0.29) is 23.1 Å². The number of carboxylic acid groups (broad SMARTS) is 1. The molecule has 1 atom stereocenters. The van der Waals surface area contributed by atoms with Crippen LogP contribution < -0.4 is 5.32 Å². The Hall–Kier alpha value is -3.22. The maximum Gasteiger partial charge on any atom is 0.354 e. The zero-order valence-electron chi connectivity index (χ0n) is 12.7. The Bertz CT molecular complexity index is 774. The summed E-state index contributed by atoms with van der Waals surface area (Å²) in [7, 11) is 0. The molecule has 2 heterocycles. The molecule has 122 valence electrons. The Morgan fingerprint density at radius 1 is 1.17 bits per heavy atom. The predicted octanol–water partition coefficient (Wildman–Crippen LogP) is 1.09. The van der Waals surface area contributed by atoms with E-state index in [1.165, 1.54) is 23.2 Å². The van der Waals surface area contributed by atoms with E-state index in [1.807, 2.05) is 18.2 Å². The summed E-state index contributed by atoms with van der Waals surface area (Å²) >= 11 is 0. The number of carbonyl (C=O) groups excluding carboxylic acids is 2. The molecule has 0 aliphatic carbocycles. The number of aromatic carboxylic acids is 1. The summed E-state index contributed by atoms with van der Waals surface area (Å²) in [6.45, 7) is 0.735. The van der Waals surface area contributed by atoms with E-state index in [4.69, 9.17) is 5.11 Å². The van der Waals surface area contributed by atoms with Gasteiger partial charge in [-0.2, -0.15) is 0 Å². The normalized spacial score (nSPS) is 17.2. The van der Waals surface area contributed by atoms with E-state index >= 15 is 0 Å². The molecule has 24 heavy (non-hydrogen) atoms. The molecule has 7 nitrogen and oxygen atoms in total. The highest BCUT2D eigenvalue weighted by Gasteiger charge is 2.34. The number of nitrogens with zero attached hydrogens (tertiary/aromatic N) is 2. The van der Waals surface area contributed by atoms with E-state index in [9.17, 15) is 14.4 Å². The van der Waals surface area contributed by atoms with Gasteiger partial charge in [0.2, 0.25) is 5.91 Å². The van der Waals surface area contributed by atoms with E-state index in [1.54, 1.807) is 12.1 Å². The van der Waals surface area contributed by atoms with Crippen LogP contribution in [0.2, 0.25) is 0 Å². The molecule has 0 spiro atoms. The first-order chi connectivity index (χ1) is 11.6. The maximum atomic E-state index is 12.8. The molecule has 1 aliphatic heterocycles. The van der Waals surface area contributed by atoms with Gasteiger partial charge in [0.25, 0.3) is 5.91 Å². The topological polar surface area (TPSA) is 99.6 Å². The van der Waals surface area contributed by atoms with Crippen LogP contribution in [-0.4, -0.2) is 45.9 Å². The minimum Gasteiger partial charge on any atom is -0.477 e. The lowest BCUT2D eigenvalue weighted by Gasteiger charge is -2.35. The number of nitrogens with one attached hydrogen (secondary N) is 1. The minimum atomic E-state index is -1.16. The van der Waals surface area contributed by atoms with Gasteiger partial charge in [-0.25, -0.2) is 9.78 Å². The summed E-state index contributed by atoms with van der Waals surface area (Å²) < 4.78 is 0. The van der Waals surface area contributed by atoms with Crippen molar-refractivity contribution in [3.05, 3.63) is 65.5 Å². The highest BCUT2D eigenvalue weighted by Crippen LogP contribution is 2.24. The van der Waals surface area contributed by atoms with Gasteiger partial charge in [-0.15, -0.1) is 0 Å². The van der Waals surface area contributed by atoms with Gasteiger partial charge < -0.3 is 15.3 Å². The summed E-state index contributed by atoms with van der Waals surface area (Å²) in [6.07, 6.45) is 1.22. The van der Waals surface area contributed by atoms with Crippen LogP contribution in [0, 0.1) is 0 Å². The number of rotatable bonds is 3. The van der Waals surface area contributed by atoms with E-state index in [0.717, 1.165) is 5.56 Å². The highest BCUT2D eigenvalue weighted by atomic mass is 16.4. The average Bonchev–Trinajstić information content (AvgIpc) is 2.61. The third-order valence-corrected chi connectivity index (χ3v) is 3.82. The van der Waals surface area contributed by atoms with Crippen LogP contribution in [0.4, 0.5) is 0 Å². The monoisotopic (exact) mass is 325 g/mol. The molecular formula is C17H15N3O4. The van der Waals surface area contributed by atoms with Crippen LogP contribution in [0.3, 0.4) is 0 Å². The smallest absolute Gasteiger partial charge is 0.354 e. The van der Waals surface area contributed by atoms with Crippen molar-refractivity contribution in [1.82, 2.24) is 15.2 Å². The van der Waals surface area contributed by atoms with Gasteiger partial charge in [0.15, 0.2) is 0 Å². The molecule has 0 bridgehead atoms. The van der Waals surface area contributed by atoms with Crippen LogP contribution in [0.15, 0.2) is 48.7 Å². The third-order valence-electron chi connectivity index (χ3n) is 3.82. The van der Waals surface area contributed by atoms with Crippen LogP contribution in [-0.2, 0) is 4.79 Å². The number of amides is 2.